The summed E-state index contributed by atoms with van der Waals surface area (Å²) in [4.78, 5) is 11.9. The third-order valence-electron chi connectivity index (χ3n) is 2.36. The van der Waals surface area contributed by atoms with Crippen molar-refractivity contribution in [2.75, 3.05) is 11.1 Å². The molecular formula is C11H11ClN4O. The van der Waals surface area contributed by atoms with Gasteiger partial charge in [-0.05, 0) is 18.6 Å². The maximum atomic E-state index is 11.9. The standard InChI is InChI=1S/C11H11ClN4O/c1-6-3-2-4-7(12)9(6)15-11(17)10-8(13)5-14-16-10/h2-5H,13H2,1H3,(H,14,16)(H,15,17). The molecular weight excluding hydrogens is 240 g/mol. The average molecular weight is 251 g/mol. The van der Waals surface area contributed by atoms with Crippen molar-refractivity contribution in [1.82, 2.24) is 10.2 Å². The monoisotopic (exact) mass is 250 g/mol. The minimum atomic E-state index is -0.365. The number of hydrogen-bond donors (Lipinski definition) is 3. The van der Waals surface area contributed by atoms with Crippen LogP contribution < -0.4 is 11.1 Å². The summed E-state index contributed by atoms with van der Waals surface area (Å²) < 4.78 is 0. The SMILES string of the molecule is Cc1cccc(Cl)c1NC(=O)c1[nH]ncc1N. The van der Waals surface area contributed by atoms with Crippen LogP contribution in [0.2, 0.25) is 5.02 Å². The number of H-pyrrole nitrogens is 1. The average Bonchev–Trinajstić information content (AvgIpc) is 2.70. The first-order valence-electron chi connectivity index (χ1n) is 4.95. The number of aryl methyl sites for hydroxylation is 1. The van der Waals surface area contributed by atoms with Crippen LogP contribution in [0, 0.1) is 6.92 Å². The second-order valence-corrected chi connectivity index (χ2v) is 3.99. The Morgan fingerprint density at radius 1 is 1.53 bits per heavy atom. The van der Waals surface area contributed by atoms with Crippen LogP contribution in [0.15, 0.2) is 24.4 Å². The number of nitrogens with one attached hydrogen (secondary N) is 2. The number of carbonyl (C=O) groups is 1. The molecule has 0 atom stereocenters. The highest BCUT2D eigenvalue weighted by atomic mass is 35.5. The highest BCUT2D eigenvalue weighted by Gasteiger charge is 2.14. The summed E-state index contributed by atoms with van der Waals surface area (Å²) in [6, 6.07) is 5.39. The van der Waals surface area contributed by atoms with Crippen molar-refractivity contribution in [3.63, 3.8) is 0 Å². The third-order valence-corrected chi connectivity index (χ3v) is 2.67. The number of anilines is 2. The molecule has 0 unspecified atom stereocenters. The molecule has 0 bridgehead atoms. The normalized spacial score (nSPS) is 10.2. The number of aromatic amines is 1. The number of rotatable bonds is 2. The van der Waals surface area contributed by atoms with Crippen molar-refractivity contribution in [3.8, 4) is 0 Å². The van der Waals surface area contributed by atoms with Gasteiger partial charge < -0.3 is 11.1 Å². The molecule has 0 aliphatic carbocycles. The van der Waals surface area contributed by atoms with Crippen LogP contribution in [-0.2, 0) is 0 Å². The second kappa shape index (κ2) is 4.47. The quantitative estimate of drug-likeness (QED) is 0.764. The van der Waals surface area contributed by atoms with Gasteiger partial charge in [-0.2, -0.15) is 5.10 Å². The number of nitrogens with two attached hydrogens (primary N) is 1. The first-order valence-corrected chi connectivity index (χ1v) is 5.32. The Kier molecular flexibility index (Phi) is 3.01. The van der Waals surface area contributed by atoms with Crippen molar-refractivity contribution in [3.05, 3.63) is 40.7 Å². The Morgan fingerprint density at radius 2 is 2.29 bits per heavy atom. The first-order chi connectivity index (χ1) is 8.09. The van der Waals surface area contributed by atoms with E-state index in [9.17, 15) is 4.79 Å². The van der Waals surface area contributed by atoms with Gasteiger partial charge in [0.05, 0.1) is 22.6 Å². The minimum absolute atomic E-state index is 0.226. The van der Waals surface area contributed by atoms with Crippen LogP contribution >= 0.6 is 11.6 Å². The molecule has 1 amide bonds. The Labute approximate surface area is 103 Å². The number of amides is 1. The van der Waals surface area contributed by atoms with E-state index in [0.29, 0.717) is 16.4 Å². The fourth-order valence-electron chi connectivity index (χ4n) is 1.44. The molecule has 4 N–H and O–H groups in total. The van der Waals surface area contributed by atoms with E-state index in [1.54, 1.807) is 6.07 Å². The molecule has 0 aliphatic rings. The molecule has 88 valence electrons. The van der Waals surface area contributed by atoms with Gasteiger partial charge in [-0.3, -0.25) is 9.89 Å². The lowest BCUT2D eigenvalue weighted by atomic mass is 10.2. The van der Waals surface area contributed by atoms with Gasteiger partial charge in [0.25, 0.3) is 5.91 Å². The molecule has 0 radical (unpaired) electrons. The fraction of sp³-hybridized carbons (Fsp3) is 0.0909. The van der Waals surface area contributed by atoms with E-state index in [1.807, 2.05) is 19.1 Å². The van der Waals surface area contributed by atoms with Crippen molar-refractivity contribution >= 4 is 28.9 Å². The summed E-state index contributed by atoms with van der Waals surface area (Å²) >= 11 is 6.00. The van der Waals surface area contributed by atoms with Crippen molar-refractivity contribution < 1.29 is 4.79 Å². The summed E-state index contributed by atoms with van der Waals surface area (Å²) in [5.74, 6) is -0.365. The third kappa shape index (κ3) is 2.24. The molecule has 17 heavy (non-hydrogen) atoms. The van der Waals surface area contributed by atoms with E-state index in [1.165, 1.54) is 6.20 Å². The van der Waals surface area contributed by atoms with Crippen molar-refractivity contribution in [2.45, 2.75) is 6.92 Å². The summed E-state index contributed by atoms with van der Waals surface area (Å²) in [6.07, 6.45) is 1.38. The van der Waals surface area contributed by atoms with Gasteiger partial charge in [-0.1, -0.05) is 23.7 Å². The Balaban J connectivity index is 2.28. The summed E-state index contributed by atoms with van der Waals surface area (Å²) in [5.41, 5.74) is 7.56. The van der Waals surface area contributed by atoms with E-state index in [2.05, 4.69) is 15.5 Å². The number of halogens is 1. The van der Waals surface area contributed by atoms with Crippen LogP contribution in [0.25, 0.3) is 0 Å². The van der Waals surface area contributed by atoms with Crippen LogP contribution in [0.1, 0.15) is 16.1 Å². The fourth-order valence-corrected chi connectivity index (χ4v) is 1.71. The summed E-state index contributed by atoms with van der Waals surface area (Å²) in [5, 5.41) is 9.40. The zero-order valence-corrected chi connectivity index (χ0v) is 9.88. The summed E-state index contributed by atoms with van der Waals surface area (Å²) in [6.45, 7) is 1.86. The molecule has 0 spiro atoms. The van der Waals surface area contributed by atoms with E-state index in [4.69, 9.17) is 17.3 Å². The molecule has 0 saturated carbocycles. The van der Waals surface area contributed by atoms with Crippen molar-refractivity contribution in [2.24, 2.45) is 0 Å². The van der Waals surface area contributed by atoms with E-state index >= 15 is 0 Å². The molecule has 1 heterocycles. The van der Waals surface area contributed by atoms with E-state index in [-0.39, 0.29) is 11.6 Å². The number of aromatic nitrogens is 2. The largest absolute Gasteiger partial charge is 0.396 e. The van der Waals surface area contributed by atoms with Gasteiger partial charge in [0.15, 0.2) is 0 Å². The molecule has 0 saturated heterocycles. The molecule has 2 rings (SSSR count). The molecule has 6 heteroatoms. The van der Waals surface area contributed by atoms with Gasteiger partial charge in [0, 0.05) is 0 Å². The number of nitrogens with zero attached hydrogens (tertiary/aromatic N) is 1. The highest BCUT2D eigenvalue weighted by Crippen LogP contribution is 2.25. The summed E-state index contributed by atoms with van der Waals surface area (Å²) in [7, 11) is 0. The Hall–Kier alpha value is -2.01. The Bertz CT molecular complexity index is 544. The van der Waals surface area contributed by atoms with Gasteiger partial charge in [-0.15, -0.1) is 0 Å². The lowest BCUT2D eigenvalue weighted by Gasteiger charge is -2.09. The van der Waals surface area contributed by atoms with Gasteiger partial charge in [0.2, 0.25) is 0 Å². The highest BCUT2D eigenvalue weighted by molar-refractivity contribution is 6.34. The van der Waals surface area contributed by atoms with Crippen LogP contribution in [0.3, 0.4) is 0 Å². The molecule has 0 aliphatic heterocycles. The number of carbonyl (C=O) groups excluding carboxylic acids is 1. The number of hydrogen-bond acceptors (Lipinski definition) is 3. The van der Waals surface area contributed by atoms with Crippen LogP contribution in [0.4, 0.5) is 11.4 Å². The maximum absolute atomic E-state index is 11.9. The van der Waals surface area contributed by atoms with Crippen LogP contribution in [0.5, 0.6) is 0 Å². The molecule has 5 nitrogen and oxygen atoms in total. The van der Waals surface area contributed by atoms with Crippen LogP contribution in [-0.4, -0.2) is 16.1 Å². The van der Waals surface area contributed by atoms with E-state index < -0.39 is 0 Å². The lowest BCUT2D eigenvalue weighted by Crippen LogP contribution is -2.15. The zero-order chi connectivity index (χ0) is 12.4. The van der Waals surface area contributed by atoms with Gasteiger partial charge >= 0.3 is 0 Å². The second-order valence-electron chi connectivity index (χ2n) is 3.59. The predicted molar refractivity (Wildman–Crippen MR) is 67.1 cm³/mol. The number of nitrogen functional groups attached to an aromatic ring is 1. The smallest absolute Gasteiger partial charge is 0.275 e. The number of benzene rings is 1. The maximum Gasteiger partial charge on any atom is 0.275 e. The molecule has 1 aromatic carbocycles. The predicted octanol–water partition coefficient (Wildman–Crippen LogP) is 2.21. The number of para-hydroxylation sites is 1. The molecule has 1 aromatic heterocycles. The first kappa shape index (κ1) is 11.5. The van der Waals surface area contributed by atoms with Crippen molar-refractivity contribution in [1.29, 1.82) is 0 Å². The molecule has 2 aromatic rings. The van der Waals surface area contributed by atoms with E-state index in [0.717, 1.165) is 5.56 Å². The lowest BCUT2D eigenvalue weighted by molar-refractivity contribution is 0.102. The zero-order valence-electron chi connectivity index (χ0n) is 9.12. The van der Waals surface area contributed by atoms with Gasteiger partial charge in [-0.25, -0.2) is 0 Å². The Morgan fingerprint density at radius 3 is 2.88 bits per heavy atom. The topological polar surface area (TPSA) is 83.8 Å². The van der Waals surface area contributed by atoms with Gasteiger partial charge in [0.1, 0.15) is 5.69 Å². The minimum Gasteiger partial charge on any atom is -0.396 e. The molecule has 0 fully saturated rings.